The van der Waals surface area contributed by atoms with E-state index >= 15 is 0 Å². The maximum Gasteiger partial charge on any atom is 0.372 e. The zero-order valence-corrected chi connectivity index (χ0v) is 12.8. The van der Waals surface area contributed by atoms with Gasteiger partial charge in [-0.05, 0) is 29.8 Å². The molecule has 0 saturated carbocycles. The number of Topliss-reactive ketones (excluding diaryl/α,β-unsaturated/α-hetero) is 2. The number of aliphatic carboxylic acids is 1. The largest absolute Gasteiger partial charge is 0.475 e. The van der Waals surface area contributed by atoms with E-state index in [1.807, 2.05) is 36.4 Å². The minimum Gasteiger partial charge on any atom is -0.475 e. The predicted molar refractivity (Wildman–Crippen MR) is 89.1 cm³/mol. The number of nitrogens with one attached hydrogen (secondary N) is 1. The van der Waals surface area contributed by atoms with E-state index in [1.165, 1.54) is 5.56 Å². The second kappa shape index (κ2) is 6.50. The number of H-pyrrole nitrogens is 1. The van der Waals surface area contributed by atoms with Crippen molar-refractivity contribution in [2.75, 3.05) is 0 Å². The Morgan fingerprint density at radius 3 is 2.42 bits per heavy atom. The molecule has 1 aromatic heterocycles. The first-order valence-electron chi connectivity index (χ1n) is 7.48. The van der Waals surface area contributed by atoms with Crippen molar-refractivity contribution in [2.45, 2.75) is 12.8 Å². The minimum atomic E-state index is -1.59. The number of fused-ring (bicyclic) bond motifs is 1. The molecule has 0 saturated heterocycles. The number of hydrogen-bond acceptors (Lipinski definition) is 3. The summed E-state index contributed by atoms with van der Waals surface area (Å²) in [4.78, 5) is 37.0. The molecule has 5 nitrogen and oxygen atoms in total. The topological polar surface area (TPSA) is 87.2 Å². The summed E-state index contributed by atoms with van der Waals surface area (Å²) in [6.07, 6.45) is 0.123. The summed E-state index contributed by atoms with van der Waals surface area (Å²) in [6, 6.07) is 17.0. The van der Waals surface area contributed by atoms with Crippen molar-refractivity contribution in [3.63, 3.8) is 0 Å². The number of benzene rings is 2. The second-order valence-corrected chi connectivity index (χ2v) is 5.59. The zero-order valence-electron chi connectivity index (χ0n) is 12.8. The van der Waals surface area contributed by atoms with Gasteiger partial charge in [0.1, 0.15) is 0 Å². The van der Waals surface area contributed by atoms with Gasteiger partial charge in [0, 0.05) is 28.6 Å². The first-order chi connectivity index (χ1) is 11.5. The molecule has 5 heteroatoms. The third-order valence-corrected chi connectivity index (χ3v) is 3.80. The van der Waals surface area contributed by atoms with Crippen LogP contribution in [0.1, 0.15) is 28.0 Å². The first-order valence-corrected chi connectivity index (χ1v) is 7.48. The van der Waals surface area contributed by atoms with E-state index in [-0.39, 0.29) is 0 Å². The lowest BCUT2D eigenvalue weighted by molar-refractivity contribution is -0.148. The van der Waals surface area contributed by atoms with Gasteiger partial charge in [-0.3, -0.25) is 9.59 Å². The van der Waals surface area contributed by atoms with Gasteiger partial charge in [0.2, 0.25) is 5.78 Å². The first kappa shape index (κ1) is 15.7. The molecular formula is C19H15NO4. The van der Waals surface area contributed by atoms with Gasteiger partial charge in [0.15, 0.2) is 5.78 Å². The Morgan fingerprint density at radius 2 is 1.71 bits per heavy atom. The monoisotopic (exact) mass is 321 g/mol. The standard InChI is InChI=1S/C19H15NO4/c21-17(11-18(22)19(23)24)13-6-7-16-14(9-13)10-15(20-16)8-12-4-2-1-3-5-12/h1-7,9-10,20H,8,11H2,(H,23,24). The van der Waals surface area contributed by atoms with Crippen molar-refractivity contribution in [1.82, 2.24) is 4.98 Å². The molecule has 0 aliphatic heterocycles. The molecule has 120 valence electrons. The lowest BCUT2D eigenvalue weighted by atomic mass is 10.0. The van der Waals surface area contributed by atoms with Crippen LogP contribution in [0.2, 0.25) is 0 Å². The molecule has 1 heterocycles. The van der Waals surface area contributed by atoms with Crippen molar-refractivity contribution in [2.24, 2.45) is 0 Å². The fraction of sp³-hybridized carbons (Fsp3) is 0.105. The minimum absolute atomic E-state index is 0.336. The number of rotatable bonds is 6. The molecule has 0 fully saturated rings. The highest BCUT2D eigenvalue weighted by Gasteiger charge is 2.18. The van der Waals surface area contributed by atoms with Crippen molar-refractivity contribution >= 4 is 28.4 Å². The van der Waals surface area contributed by atoms with Gasteiger partial charge in [-0.15, -0.1) is 0 Å². The van der Waals surface area contributed by atoms with E-state index in [4.69, 9.17) is 5.11 Å². The van der Waals surface area contributed by atoms with Gasteiger partial charge in [0.05, 0.1) is 6.42 Å². The van der Waals surface area contributed by atoms with Crippen molar-refractivity contribution in [1.29, 1.82) is 0 Å². The fourth-order valence-corrected chi connectivity index (χ4v) is 2.60. The predicted octanol–water partition coefficient (Wildman–Crippen LogP) is 2.99. The molecule has 24 heavy (non-hydrogen) atoms. The van der Waals surface area contributed by atoms with Crippen molar-refractivity contribution < 1.29 is 19.5 Å². The molecule has 0 amide bonds. The maximum absolute atomic E-state index is 12.0. The Bertz CT molecular complexity index is 925. The Kier molecular flexibility index (Phi) is 4.24. The van der Waals surface area contributed by atoms with Crippen LogP contribution in [-0.4, -0.2) is 27.6 Å². The summed E-state index contributed by atoms with van der Waals surface area (Å²) in [7, 11) is 0. The number of hydrogen-bond donors (Lipinski definition) is 2. The summed E-state index contributed by atoms with van der Waals surface area (Å²) in [6.45, 7) is 0. The zero-order chi connectivity index (χ0) is 17.1. The molecule has 0 aliphatic rings. The maximum atomic E-state index is 12.0. The molecule has 0 bridgehead atoms. The number of carboxylic acid groups (broad SMARTS) is 1. The van der Waals surface area contributed by atoms with Crippen LogP contribution in [0.15, 0.2) is 54.6 Å². The van der Waals surface area contributed by atoms with E-state index in [0.29, 0.717) is 5.56 Å². The molecular weight excluding hydrogens is 306 g/mol. The number of aromatic amines is 1. The van der Waals surface area contributed by atoms with Gasteiger partial charge in [0.25, 0.3) is 0 Å². The molecule has 3 aromatic rings. The van der Waals surface area contributed by atoms with Gasteiger partial charge in [-0.25, -0.2) is 4.79 Å². The third kappa shape index (κ3) is 3.41. The van der Waals surface area contributed by atoms with Crippen LogP contribution in [0.3, 0.4) is 0 Å². The lowest BCUT2D eigenvalue weighted by Crippen LogP contribution is -2.17. The van der Waals surface area contributed by atoms with Gasteiger partial charge in [-0.1, -0.05) is 30.3 Å². The van der Waals surface area contributed by atoms with E-state index in [2.05, 4.69) is 4.98 Å². The van der Waals surface area contributed by atoms with Crippen LogP contribution in [0.5, 0.6) is 0 Å². The SMILES string of the molecule is O=C(O)C(=O)CC(=O)c1ccc2[nH]c(Cc3ccccc3)cc2c1. The summed E-state index contributed by atoms with van der Waals surface area (Å²) in [5.74, 6) is -3.18. The van der Waals surface area contributed by atoms with Crippen LogP contribution in [-0.2, 0) is 16.0 Å². The molecule has 2 aromatic carbocycles. The van der Waals surface area contributed by atoms with Crippen LogP contribution in [0.4, 0.5) is 0 Å². The summed E-state index contributed by atoms with van der Waals surface area (Å²) in [5.41, 5.74) is 3.42. The Hall–Kier alpha value is -3.21. The van der Waals surface area contributed by atoms with Gasteiger partial charge in [-0.2, -0.15) is 0 Å². The highest BCUT2D eigenvalue weighted by atomic mass is 16.4. The van der Waals surface area contributed by atoms with Crippen molar-refractivity contribution in [3.05, 3.63) is 71.4 Å². The van der Waals surface area contributed by atoms with Crippen LogP contribution < -0.4 is 0 Å². The Morgan fingerprint density at radius 1 is 0.958 bits per heavy atom. The van der Waals surface area contributed by atoms with E-state index in [1.54, 1.807) is 18.2 Å². The Balaban J connectivity index is 1.82. The average molecular weight is 321 g/mol. The van der Waals surface area contributed by atoms with Crippen LogP contribution in [0.25, 0.3) is 10.9 Å². The number of carbonyl (C=O) groups is 3. The van der Waals surface area contributed by atoms with E-state index in [0.717, 1.165) is 23.0 Å². The summed E-state index contributed by atoms with van der Waals surface area (Å²) >= 11 is 0. The quantitative estimate of drug-likeness (QED) is 0.415. The van der Waals surface area contributed by atoms with E-state index < -0.39 is 24.0 Å². The molecule has 0 spiro atoms. The van der Waals surface area contributed by atoms with Crippen molar-refractivity contribution in [3.8, 4) is 0 Å². The number of ketones is 2. The van der Waals surface area contributed by atoms with Crippen LogP contribution in [0, 0.1) is 0 Å². The number of aromatic nitrogens is 1. The molecule has 0 aliphatic carbocycles. The summed E-state index contributed by atoms with van der Waals surface area (Å²) < 4.78 is 0. The molecule has 0 radical (unpaired) electrons. The lowest BCUT2D eigenvalue weighted by Gasteiger charge is -1.99. The number of carboxylic acids is 1. The van der Waals surface area contributed by atoms with Gasteiger partial charge < -0.3 is 10.1 Å². The third-order valence-electron chi connectivity index (χ3n) is 3.80. The van der Waals surface area contributed by atoms with Crippen LogP contribution >= 0.6 is 0 Å². The van der Waals surface area contributed by atoms with E-state index in [9.17, 15) is 14.4 Å². The smallest absolute Gasteiger partial charge is 0.372 e. The molecule has 2 N–H and O–H groups in total. The fourth-order valence-electron chi connectivity index (χ4n) is 2.60. The normalized spacial score (nSPS) is 10.7. The highest BCUT2D eigenvalue weighted by molar-refractivity contribution is 6.37. The summed E-state index contributed by atoms with van der Waals surface area (Å²) in [5, 5.41) is 9.44. The Labute approximate surface area is 137 Å². The molecule has 0 atom stereocenters. The molecule has 0 unspecified atom stereocenters. The average Bonchev–Trinajstić information content (AvgIpc) is 2.96. The van der Waals surface area contributed by atoms with Gasteiger partial charge >= 0.3 is 5.97 Å². The highest BCUT2D eigenvalue weighted by Crippen LogP contribution is 2.20. The second-order valence-electron chi connectivity index (χ2n) is 5.59. The molecule has 3 rings (SSSR count). The number of carbonyl (C=O) groups excluding carboxylic acids is 2.